The molecule has 6 heteroatoms. The lowest BCUT2D eigenvalue weighted by atomic mass is 10.1. The number of anilines is 1. The van der Waals surface area contributed by atoms with E-state index in [2.05, 4.69) is 67.1 Å². The Bertz CT molecular complexity index is 695. The summed E-state index contributed by atoms with van der Waals surface area (Å²) in [5, 5.41) is 3.11. The third-order valence-corrected chi connectivity index (χ3v) is 6.16. The van der Waals surface area contributed by atoms with Crippen molar-refractivity contribution in [2.45, 2.75) is 72.3 Å². The first-order valence-corrected chi connectivity index (χ1v) is 12.5. The topological polar surface area (TPSA) is 55.9 Å². The van der Waals surface area contributed by atoms with E-state index < -0.39 is 0 Å². The second-order valence-electron chi connectivity index (χ2n) is 9.16. The van der Waals surface area contributed by atoms with Gasteiger partial charge in [0.25, 0.3) is 0 Å². The maximum absolute atomic E-state index is 12.3. The third-order valence-electron chi connectivity index (χ3n) is 6.16. The molecule has 0 spiro atoms. The van der Waals surface area contributed by atoms with Crippen molar-refractivity contribution in [3.05, 3.63) is 29.8 Å². The number of hydrogen-bond acceptors (Lipinski definition) is 4. The number of carbonyl (C=O) groups excluding carboxylic acids is 2. The Morgan fingerprint density at radius 1 is 1.06 bits per heavy atom. The number of amides is 2. The van der Waals surface area contributed by atoms with Crippen molar-refractivity contribution in [1.82, 2.24) is 15.1 Å². The molecule has 1 saturated heterocycles. The molecule has 1 heterocycles. The van der Waals surface area contributed by atoms with Crippen molar-refractivity contribution < 1.29 is 9.59 Å². The van der Waals surface area contributed by atoms with Crippen LogP contribution >= 0.6 is 0 Å². The van der Waals surface area contributed by atoms with Gasteiger partial charge in [0, 0.05) is 70.4 Å². The highest BCUT2D eigenvalue weighted by molar-refractivity contribution is 5.79. The van der Waals surface area contributed by atoms with Crippen LogP contribution in [0.5, 0.6) is 0 Å². The maximum atomic E-state index is 12.3. The first-order chi connectivity index (χ1) is 15.4. The Morgan fingerprint density at radius 2 is 1.75 bits per heavy atom. The molecule has 1 fully saturated rings. The molecule has 0 aromatic heterocycles. The van der Waals surface area contributed by atoms with E-state index in [0.717, 1.165) is 65.1 Å². The highest BCUT2D eigenvalue weighted by Gasteiger charge is 2.18. The van der Waals surface area contributed by atoms with Crippen molar-refractivity contribution in [3.63, 3.8) is 0 Å². The highest BCUT2D eigenvalue weighted by Crippen LogP contribution is 2.18. The van der Waals surface area contributed by atoms with Gasteiger partial charge in [0.15, 0.2) is 0 Å². The summed E-state index contributed by atoms with van der Waals surface area (Å²) in [6.07, 6.45) is 4.43. The number of aryl methyl sites for hydroxylation is 1. The van der Waals surface area contributed by atoms with Crippen LogP contribution in [0, 0.1) is 6.92 Å². The van der Waals surface area contributed by atoms with Crippen molar-refractivity contribution in [2.24, 2.45) is 0 Å². The van der Waals surface area contributed by atoms with E-state index in [9.17, 15) is 9.59 Å². The van der Waals surface area contributed by atoms with Gasteiger partial charge in [-0.05, 0) is 57.2 Å². The normalized spacial score (nSPS) is 15.4. The van der Waals surface area contributed by atoms with Crippen LogP contribution in [0.4, 0.5) is 5.69 Å². The minimum Gasteiger partial charge on any atom is -0.369 e. The SMILES string of the molecule is CCCN(CCC)C(=O)CCCC(=O)NC(C)CCN1CCN(c2cccc(C)c2)CC1. The Balaban J connectivity index is 1.60. The first kappa shape index (κ1) is 26.2. The third kappa shape index (κ3) is 9.19. The monoisotopic (exact) mass is 444 g/mol. The fourth-order valence-electron chi connectivity index (χ4n) is 4.31. The number of hydrogen-bond donors (Lipinski definition) is 1. The largest absolute Gasteiger partial charge is 0.369 e. The average Bonchev–Trinajstić information content (AvgIpc) is 2.78. The summed E-state index contributed by atoms with van der Waals surface area (Å²) in [5.74, 6) is 0.242. The van der Waals surface area contributed by atoms with Crippen molar-refractivity contribution >= 4 is 17.5 Å². The summed E-state index contributed by atoms with van der Waals surface area (Å²) in [6, 6.07) is 8.87. The molecule has 1 aromatic carbocycles. The van der Waals surface area contributed by atoms with Gasteiger partial charge in [-0.25, -0.2) is 0 Å². The van der Waals surface area contributed by atoms with Crippen LogP contribution in [0.1, 0.15) is 64.9 Å². The maximum Gasteiger partial charge on any atom is 0.222 e. The minimum absolute atomic E-state index is 0.0621. The fourth-order valence-corrected chi connectivity index (χ4v) is 4.31. The molecule has 2 amide bonds. The summed E-state index contributed by atoms with van der Waals surface area (Å²) in [7, 11) is 0. The van der Waals surface area contributed by atoms with Crippen LogP contribution in [0.2, 0.25) is 0 Å². The lowest BCUT2D eigenvalue weighted by Gasteiger charge is -2.36. The fraction of sp³-hybridized carbons (Fsp3) is 0.692. The molecule has 1 N–H and O–H groups in total. The second kappa shape index (κ2) is 14.1. The molecular weight excluding hydrogens is 400 g/mol. The summed E-state index contributed by atoms with van der Waals surface area (Å²) in [6.45, 7) is 15.2. The first-order valence-electron chi connectivity index (χ1n) is 12.5. The average molecular weight is 445 g/mol. The van der Waals surface area contributed by atoms with E-state index in [-0.39, 0.29) is 17.9 Å². The molecule has 1 aliphatic rings. The van der Waals surface area contributed by atoms with E-state index in [1.807, 2.05) is 4.90 Å². The quantitative estimate of drug-likeness (QED) is 0.502. The predicted octanol–water partition coefficient (Wildman–Crippen LogP) is 3.83. The summed E-state index contributed by atoms with van der Waals surface area (Å²) >= 11 is 0. The van der Waals surface area contributed by atoms with Crippen molar-refractivity contribution in [3.8, 4) is 0 Å². The Kier molecular flexibility index (Phi) is 11.6. The molecule has 1 unspecified atom stereocenters. The van der Waals surface area contributed by atoms with E-state index >= 15 is 0 Å². The van der Waals surface area contributed by atoms with Gasteiger partial charge in [-0.3, -0.25) is 14.5 Å². The van der Waals surface area contributed by atoms with Gasteiger partial charge in [-0.1, -0.05) is 26.0 Å². The zero-order chi connectivity index (χ0) is 23.3. The van der Waals surface area contributed by atoms with Crippen LogP contribution in [-0.2, 0) is 9.59 Å². The van der Waals surface area contributed by atoms with Gasteiger partial charge in [0.05, 0.1) is 0 Å². The van der Waals surface area contributed by atoms with Crippen LogP contribution < -0.4 is 10.2 Å². The number of benzene rings is 1. The van der Waals surface area contributed by atoms with E-state index in [0.29, 0.717) is 19.3 Å². The number of nitrogens with zero attached hydrogens (tertiary/aromatic N) is 3. The van der Waals surface area contributed by atoms with E-state index in [4.69, 9.17) is 0 Å². The lowest BCUT2D eigenvalue weighted by Crippen LogP contribution is -2.47. The van der Waals surface area contributed by atoms with Crippen molar-refractivity contribution in [2.75, 3.05) is 50.7 Å². The zero-order valence-corrected chi connectivity index (χ0v) is 20.7. The van der Waals surface area contributed by atoms with Crippen LogP contribution in [0.3, 0.4) is 0 Å². The molecular formula is C26H44N4O2. The summed E-state index contributed by atoms with van der Waals surface area (Å²) in [5.41, 5.74) is 2.62. The standard InChI is InChI=1S/C26H44N4O2/c1-5-14-30(15-6-2)26(32)12-8-11-25(31)27-23(4)13-16-28-17-19-29(20-18-28)24-10-7-9-22(3)21-24/h7,9-10,21,23H,5-6,8,11-20H2,1-4H3,(H,27,31). The van der Waals surface area contributed by atoms with Crippen LogP contribution in [-0.4, -0.2) is 73.5 Å². The summed E-state index contributed by atoms with van der Waals surface area (Å²) in [4.78, 5) is 31.5. The Morgan fingerprint density at radius 3 is 2.38 bits per heavy atom. The second-order valence-corrected chi connectivity index (χ2v) is 9.16. The molecule has 1 atom stereocenters. The van der Waals surface area contributed by atoms with Gasteiger partial charge in [-0.15, -0.1) is 0 Å². The van der Waals surface area contributed by atoms with Crippen LogP contribution in [0.15, 0.2) is 24.3 Å². The molecule has 2 rings (SSSR count). The van der Waals surface area contributed by atoms with E-state index in [1.165, 1.54) is 11.3 Å². The summed E-state index contributed by atoms with van der Waals surface area (Å²) < 4.78 is 0. The van der Waals surface area contributed by atoms with Gasteiger partial charge in [0.2, 0.25) is 11.8 Å². The number of rotatable bonds is 13. The molecule has 32 heavy (non-hydrogen) atoms. The zero-order valence-electron chi connectivity index (χ0n) is 20.7. The molecule has 0 radical (unpaired) electrons. The van der Waals surface area contributed by atoms with E-state index in [1.54, 1.807) is 0 Å². The van der Waals surface area contributed by atoms with Crippen molar-refractivity contribution in [1.29, 1.82) is 0 Å². The molecule has 1 aromatic rings. The molecule has 6 nitrogen and oxygen atoms in total. The molecule has 1 aliphatic heterocycles. The molecule has 0 bridgehead atoms. The van der Waals surface area contributed by atoms with Crippen LogP contribution in [0.25, 0.3) is 0 Å². The number of nitrogens with one attached hydrogen (secondary N) is 1. The molecule has 180 valence electrons. The molecule has 0 aliphatic carbocycles. The number of piperazine rings is 1. The molecule has 0 saturated carbocycles. The minimum atomic E-state index is 0.0621. The lowest BCUT2D eigenvalue weighted by molar-refractivity contribution is -0.131. The highest BCUT2D eigenvalue weighted by atomic mass is 16.2. The van der Waals surface area contributed by atoms with Gasteiger partial charge in [0.1, 0.15) is 0 Å². The Labute approximate surface area is 195 Å². The van der Waals surface area contributed by atoms with Gasteiger partial charge >= 0.3 is 0 Å². The van der Waals surface area contributed by atoms with Gasteiger partial charge in [-0.2, -0.15) is 0 Å². The Hall–Kier alpha value is -2.08. The number of carbonyl (C=O) groups is 2. The van der Waals surface area contributed by atoms with Gasteiger partial charge < -0.3 is 15.1 Å². The predicted molar refractivity (Wildman–Crippen MR) is 133 cm³/mol. The smallest absolute Gasteiger partial charge is 0.222 e.